The molecule has 7 heteroatoms. The number of ether oxygens (including phenoxy) is 2. The summed E-state index contributed by atoms with van der Waals surface area (Å²) in [6.45, 7) is 7.67. The lowest BCUT2D eigenvalue weighted by atomic mass is 9.84. The van der Waals surface area contributed by atoms with E-state index in [4.69, 9.17) is 9.47 Å². The highest BCUT2D eigenvalue weighted by Crippen LogP contribution is 2.22. The van der Waals surface area contributed by atoms with Gasteiger partial charge < -0.3 is 20.1 Å². The Balaban J connectivity index is 0.00000625. The van der Waals surface area contributed by atoms with Crippen LogP contribution in [0, 0.1) is 5.82 Å². The standard InChI is InChI=1S/C19H32FN3O2.HI/c1-19(2,16-8-7-9-17(20)14-16)15-23-18(21-3)22-10-5-6-11-25-13-12-24-4;/h7-9,14H,5-6,10-13,15H2,1-4H3,(H2,21,22,23);1H. The van der Waals surface area contributed by atoms with Crippen molar-refractivity contribution in [2.24, 2.45) is 4.99 Å². The van der Waals surface area contributed by atoms with Crippen LogP contribution >= 0.6 is 24.0 Å². The Bertz CT molecular complexity index is 527. The van der Waals surface area contributed by atoms with E-state index in [1.165, 1.54) is 6.07 Å². The lowest BCUT2D eigenvalue weighted by Crippen LogP contribution is -2.43. The predicted molar refractivity (Wildman–Crippen MR) is 116 cm³/mol. The molecule has 0 atom stereocenters. The minimum Gasteiger partial charge on any atom is -0.382 e. The number of rotatable bonds is 11. The summed E-state index contributed by atoms with van der Waals surface area (Å²) in [4.78, 5) is 4.23. The van der Waals surface area contributed by atoms with E-state index in [1.54, 1.807) is 26.3 Å². The molecule has 0 unspecified atom stereocenters. The van der Waals surface area contributed by atoms with Crippen LogP contribution in [-0.2, 0) is 14.9 Å². The molecule has 2 N–H and O–H groups in total. The summed E-state index contributed by atoms with van der Waals surface area (Å²) in [6.07, 6.45) is 1.99. The number of guanidine groups is 1. The Kier molecular flexibility index (Phi) is 13.7. The second-order valence-electron chi connectivity index (χ2n) is 6.56. The summed E-state index contributed by atoms with van der Waals surface area (Å²) in [5.74, 6) is 0.547. The van der Waals surface area contributed by atoms with Crippen LogP contribution in [0.2, 0.25) is 0 Å². The Morgan fingerprint density at radius 1 is 1.15 bits per heavy atom. The first-order chi connectivity index (χ1) is 12.0. The van der Waals surface area contributed by atoms with E-state index >= 15 is 0 Å². The van der Waals surface area contributed by atoms with E-state index in [0.717, 1.165) is 37.5 Å². The van der Waals surface area contributed by atoms with Gasteiger partial charge in [-0.3, -0.25) is 4.99 Å². The third-order valence-corrected chi connectivity index (χ3v) is 3.97. The molecule has 1 aromatic carbocycles. The van der Waals surface area contributed by atoms with Crippen molar-refractivity contribution >= 4 is 29.9 Å². The Labute approximate surface area is 174 Å². The highest BCUT2D eigenvalue weighted by atomic mass is 127. The molecule has 5 nitrogen and oxygen atoms in total. The van der Waals surface area contributed by atoms with Crippen LogP contribution in [0.25, 0.3) is 0 Å². The van der Waals surface area contributed by atoms with Crippen molar-refractivity contribution < 1.29 is 13.9 Å². The zero-order chi connectivity index (χ0) is 18.5. The van der Waals surface area contributed by atoms with Gasteiger partial charge in [0.2, 0.25) is 0 Å². The van der Waals surface area contributed by atoms with Gasteiger partial charge in [0.1, 0.15) is 5.82 Å². The summed E-state index contributed by atoms with van der Waals surface area (Å²) < 4.78 is 23.8. The highest BCUT2D eigenvalue weighted by Gasteiger charge is 2.21. The molecule has 0 aliphatic carbocycles. The van der Waals surface area contributed by atoms with Gasteiger partial charge in [-0.05, 0) is 30.5 Å². The molecule has 0 aliphatic heterocycles. The van der Waals surface area contributed by atoms with Gasteiger partial charge in [-0.2, -0.15) is 0 Å². The third kappa shape index (κ3) is 10.3. The fraction of sp³-hybridized carbons (Fsp3) is 0.632. The van der Waals surface area contributed by atoms with Crippen molar-refractivity contribution in [3.63, 3.8) is 0 Å². The Hall–Kier alpha value is -0.930. The summed E-state index contributed by atoms with van der Waals surface area (Å²) in [5.41, 5.74) is 0.762. The summed E-state index contributed by atoms with van der Waals surface area (Å²) >= 11 is 0. The maximum absolute atomic E-state index is 13.4. The molecule has 0 saturated carbocycles. The molecule has 0 radical (unpaired) electrons. The molecule has 0 spiro atoms. The van der Waals surface area contributed by atoms with Gasteiger partial charge in [0, 0.05) is 39.3 Å². The van der Waals surface area contributed by atoms with E-state index < -0.39 is 0 Å². The molecule has 1 aromatic rings. The second-order valence-corrected chi connectivity index (χ2v) is 6.56. The largest absolute Gasteiger partial charge is 0.382 e. The zero-order valence-electron chi connectivity index (χ0n) is 16.3. The van der Waals surface area contributed by atoms with Crippen molar-refractivity contribution in [3.8, 4) is 0 Å². The van der Waals surface area contributed by atoms with Gasteiger partial charge in [0.15, 0.2) is 5.96 Å². The number of aliphatic imine (C=N–C) groups is 1. The van der Waals surface area contributed by atoms with Crippen molar-refractivity contribution in [1.82, 2.24) is 10.6 Å². The maximum atomic E-state index is 13.4. The molecule has 0 amide bonds. The fourth-order valence-electron chi connectivity index (χ4n) is 2.32. The number of hydrogen-bond donors (Lipinski definition) is 2. The van der Waals surface area contributed by atoms with Crippen molar-refractivity contribution in [3.05, 3.63) is 35.6 Å². The second kappa shape index (κ2) is 14.2. The van der Waals surface area contributed by atoms with E-state index in [9.17, 15) is 4.39 Å². The topological polar surface area (TPSA) is 54.9 Å². The van der Waals surface area contributed by atoms with Crippen LogP contribution in [0.15, 0.2) is 29.3 Å². The summed E-state index contributed by atoms with van der Waals surface area (Å²) in [6, 6.07) is 6.74. The summed E-state index contributed by atoms with van der Waals surface area (Å²) in [5, 5.41) is 6.61. The fourth-order valence-corrected chi connectivity index (χ4v) is 2.32. The number of benzene rings is 1. The molecule has 150 valence electrons. The van der Waals surface area contributed by atoms with Crippen LogP contribution < -0.4 is 10.6 Å². The lowest BCUT2D eigenvalue weighted by molar-refractivity contribution is 0.0689. The van der Waals surface area contributed by atoms with Gasteiger partial charge in [0.25, 0.3) is 0 Å². The maximum Gasteiger partial charge on any atom is 0.191 e. The van der Waals surface area contributed by atoms with Crippen molar-refractivity contribution in [1.29, 1.82) is 0 Å². The third-order valence-electron chi connectivity index (χ3n) is 3.97. The van der Waals surface area contributed by atoms with Crippen LogP contribution in [0.3, 0.4) is 0 Å². The molecule has 0 aromatic heterocycles. The molecule has 0 fully saturated rings. The molecule has 0 saturated heterocycles. The number of methoxy groups -OCH3 is 1. The Morgan fingerprint density at radius 2 is 1.92 bits per heavy atom. The SMILES string of the molecule is CN=C(NCCCCOCCOC)NCC(C)(C)c1cccc(F)c1.I. The smallest absolute Gasteiger partial charge is 0.191 e. The number of hydrogen-bond acceptors (Lipinski definition) is 3. The van der Waals surface area contributed by atoms with Crippen LogP contribution in [-0.4, -0.2) is 53.0 Å². The van der Waals surface area contributed by atoms with Crippen LogP contribution in [0.1, 0.15) is 32.3 Å². The monoisotopic (exact) mass is 481 g/mol. The van der Waals surface area contributed by atoms with Crippen molar-refractivity contribution in [2.45, 2.75) is 32.1 Å². The normalized spacial score (nSPS) is 11.8. The Morgan fingerprint density at radius 3 is 2.58 bits per heavy atom. The van der Waals surface area contributed by atoms with E-state index in [0.29, 0.717) is 19.8 Å². The van der Waals surface area contributed by atoms with Crippen molar-refractivity contribution in [2.75, 3.05) is 47.1 Å². The highest BCUT2D eigenvalue weighted by molar-refractivity contribution is 14.0. The molecule has 0 aliphatic rings. The lowest BCUT2D eigenvalue weighted by Gasteiger charge is -2.26. The molecule has 26 heavy (non-hydrogen) atoms. The molecule has 0 heterocycles. The number of nitrogens with one attached hydrogen (secondary N) is 2. The van der Waals surface area contributed by atoms with Gasteiger partial charge >= 0.3 is 0 Å². The first kappa shape index (κ1) is 25.1. The average Bonchev–Trinajstić information content (AvgIpc) is 2.60. The van der Waals surface area contributed by atoms with Gasteiger partial charge in [0.05, 0.1) is 13.2 Å². The molecule has 1 rings (SSSR count). The molecule has 0 bridgehead atoms. The van der Waals surface area contributed by atoms with Crippen LogP contribution in [0.5, 0.6) is 0 Å². The zero-order valence-corrected chi connectivity index (χ0v) is 18.6. The summed E-state index contributed by atoms with van der Waals surface area (Å²) in [7, 11) is 3.42. The number of nitrogens with zero attached hydrogens (tertiary/aromatic N) is 1. The molecular formula is C19H33FIN3O2. The number of halogens is 2. The van der Waals surface area contributed by atoms with E-state index in [2.05, 4.69) is 29.5 Å². The first-order valence-electron chi connectivity index (χ1n) is 8.77. The minimum atomic E-state index is -0.208. The first-order valence-corrected chi connectivity index (χ1v) is 8.77. The average molecular weight is 481 g/mol. The quantitative estimate of drug-likeness (QED) is 0.221. The number of unbranched alkanes of at least 4 members (excludes halogenated alkanes) is 1. The van der Waals surface area contributed by atoms with Gasteiger partial charge in [-0.1, -0.05) is 26.0 Å². The molecular weight excluding hydrogens is 448 g/mol. The predicted octanol–water partition coefficient (Wildman–Crippen LogP) is 3.33. The van der Waals surface area contributed by atoms with Gasteiger partial charge in [-0.15, -0.1) is 24.0 Å². The van der Waals surface area contributed by atoms with E-state index in [-0.39, 0.29) is 35.2 Å². The minimum absolute atomic E-state index is 0. The van der Waals surface area contributed by atoms with Crippen LogP contribution in [0.4, 0.5) is 4.39 Å². The van der Waals surface area contributed by atoms with Gasteiger partial charge in [-0.25, -0.2) is 4.39 Å². The van der Waals surface area contributed by atoms with E-state index in [1.807, 2.05) is 6.07 Å².